The van der Waals surface area contributed by atoms with Crippen LogP contribution >= 0.6 is 0 Å². The van der Waals surface area contributed by atoms with Crippen LogP contribution < -0.4 is 5.32 Å². The molecule has 1 saturated carbocycles. The van der Waals surface area contributed by atoms with Crippen molar-refractivity contribution < 1.29 is 14.7 Å². The van der Waals surface area contributed by atoms with E-state index in [9.17, 15) is 14.7 Å². The maximum Gasteiger partial charge on any atom is 0.336 e. The fraction of sp³-hybridized carbons (Fsp3) is 0.529. The van der Waals surface area contributed by atoms with Crippen LogP contribution in [0.15, 0.2) is 12.1 Å². The normalized spacial score (nSPS) is 15.9. The molecule has 0 spiro atoms. The van der Waals surface area contributed by atoms with E-state index in [1.165, 1.54) is 0 Å². The summed E-state index contributed by atoms with van der Waals surface area (Å²) in [6.07, 6.45) is 2.26. The van der Waals surface area contributed by atoms with E-state index in [1.807, 2.05) is 0 Å². The number of amides is 1. The predicted octanol–water partition coefficient (Wildman–Crippen LogP) is 3.17. The van der Waals surface area contributed by atoms with Gasteiger partial charge in [0.1, 0.15) is 0 Å². The number of carboxylic acid groups (broad SMARTS) is 1. The van der Waals surface area contributed by atoms with Crippen LogP contribution in [0.5, 0.6) is 0 Å². The molecule has 1 aliphatic carbocycles. The Kier molecular flexibility index (Phi) is 4.08. The molecule has 0 unspecified atom stereocenters. The third-order valence-corrected chi connectivity index (χ3v) is 4.78. The molecule has 0 atom stereocenters. The molecule has 4 nitrogen and oxygen atoms in total. The smallest absolute Gasteiger partial charge is 0.336 e. The van der Waals surface area contributed by atoms with Gasteiger partial charge in [-0.25, -0.2) is 4.79 Å². The van der Waals surface area contributed by atoms with E-state index < -0.39 is 5.97 Å². The maximum absolute atomic E-state index is 12.5. The Balaban J connectivity index is 2.24. The van der Waals surface area contributed by atoms with Crippen molar-refractivity contribution in [1.29, 1.82) is 0 Å². The molecule has 21 heavy (non-hydrogen) atoms. The van der Waals surface area contributed by atoms with Gasteiger partial charge in [-0.15, -0.1) is 0 Å². The zero-order chi connectivity index (χ0) is 15.8. The molecule has 1 amide bonds. The number of hydrogen-bond donors (Lipinski definition) is 2. The molecule has 0 aromatic heterocycles. The summed E-state index contributed by atoms with van der Waals surface area (Å²) in [5, 5.41) is 12.3. The molecule has 1 aliphatic rings. The van der Waals surface area contributed by atoms with E-state index in [0.29, 0.717) is 29.2 Å². The number of aryl methyl sites for hydroxylation is 2. The highest BCUT2D eigenvalue weighted by Crippen LogP contribution is 2.51. The number of rotatable bonds is 5. The summed E-state index contributed by atoms with van der Waals surface area (Å²) < 4.78 is 0. The molecule has 1 fully saturated rings. The van der Waals surface area contributed by atoms with Gasteiger partial charge < -0.3 is 10.4 Å². The largest absolute Gasteiger partial charge is 0.478 e. The first kappa shape index (κ1) is 15.5. The monoisotopic (exact) mass is 289 g/mol. The fourth-order valence-corrected chi connectivity index (χ4v) is 2.84. The third kappa shape index (κ3) is 2.94. The number of aromatic carboxylic acids is 1. The van der Waals surface area contributed by atoms with Crippen LogP contribution in [0.2, 0.25) is 0 Å². The summed E-state index contributed by atoms with van der Waals surface area (Å²) in [4.78, 5) is 23.9. The number of carbonyl (C=O) groups excluding carboxylic acids is 1. The number of carboxylic acids is 1. The van der Waals surface area contributed by atoms with E-state index in [2.05, 4.69) is 19.2 Å². The van der Waals surface area contributed by atoms with Crippen LogP contribution in [0.4, 0.5) is 0 Å². The van der Waals surface area contributed by atoms with Crippen molar-refractivity contribution in [3.8, 4) is 0 Å². The molecule has 1 aromatic rings. The van der Waals surface area contributed by atoms with E-state index >= 15 is 0 Å². The van der Waals surface area contributed by atoms with Crippen LogP contribution in [0.1, 0.15) is 58.5 Å². The highest BCUT2D eigenvalue weighted by Gasteiger charge is 2.45. The third-order valence-electron chi connectivity index (χ3n) is 4.78. The van der Waals surface area contributed by atoms with Crippen LogP contribution in [-0.4, -0.2) is 23.5 Å². The van der Waals surface area contributed by atoms with E-state index in [0.717, 1.165) is 12.8 Å². The van der Waals surface area contributed by atoms with Gasteiger partial charge in [0, 0.05) is 6.54 Å². The van der Waals surface area contributed by atoms with E-state index in [-0.39, 0.29) is 16.9 Å². The van der Waals surface area contributed by atoms with Gasteiger partial charge in [-0.05, 0) is 49.1 Å². The van der Waals surface area contributed by atoms with E-state index in [4.69, 9.17) is 0 Å². The molecule has 0 saturated heterocycles. The van der Waals surface area contributed by atoms with Crippen LogP contribution in [0.25, 0.3) is 0 Å². The number of hydrogen-bond acceptors (Lipinski definition) is 2. The van der Waals surface area contributed by atoms with E-state index in [1.54, 1.807) is 26.0 Å². The number of benzene rings is 1. The van der Waals surface area contributed by atoms with Gasteiger partial charge in [0.2, 0.25) is 0 Å². The Labute approximate surface area is 125 Å². The Morgan fingerprint density at radius 2 is 1.71 bits per heavy atom. The van der Waals surface area contributed by atoms with Gasteiger partial charge in [-0.3, -0.25) is 4.79 Å². The van der Waals surface area contributed by atoms with Gasteiger partial charge in [0.05, 0.1) is 11.1 Å². The lowest BCUT2D eigenvalue weighted by Crippen LogP contribution is -2.34. The lowest BCUT2D eigenvalue weighted by atomic mass is 9.92. The Morgan fingerprint density at radius 3 is 2.14 bits per heavy atom. The highest BCUT2D eigenvalue weighted by molar-refractivity contribution is 6.06. The summed E-state index contributed by atoms with van der Waals surface area (Å²) in [6.45, 7) is 8.45. The minimum absolute atomic E-state index is 0.113. The average molecular weight is 289 g/mol. The molecule has 0 radical (unpaired) electrons. The SMILES string of the molecule is Cc1ccc(C)c(C(=O)NCC2(C(C)C)CC2)c1C(=O)O. The zero-order valence-corrected chi connectivity index (χ0v) is 13.1. The second-order valence-corrected chi connectivity index (χ2v) is 6.45. The van der Waals surface area contributed by atoms with Crippen LogP contribution in [0.3, 0.4) is 0 Å². The predicted molar refractivity (Wildman–Crippen MR) is 81.7 cm³/mol. The molecule has 2 N–H and O–H groups in total. The Bertz CT molecular complexity index is 586. The summed E-state index contributed by atoms with van der Waals surface area (Å²) in [7, 11) is 0. The first-order chi connectivity index (χ1) is 9.78. The van der Waals surface area contributed by atoms with Crippen molar-refractivity contribution in [2.24, 2.45) is 11.3 Å². The average Bonchev–Trinajstić information content (AvgIpc) is 3.19. The highest BCUT2D eigenvalue weighted by atomic mass is 16.4. The van der Waals surface area contributed by atoms with Crippen LogP contribution in [0, 0.1) is 25.2 Å². The molecule has 4 heteroatoms. The minimum Gasteiger partial charge on any atom is -0.478 e. The molecule has 0 aliphatic heterocycles. The van der Waals surface area contributed by atoms with Gasteiger partial charge >= 0.3 is 5.97 Å². The Morgan fingerprint density at radius 1 is 1.19 bits per heavy atom. The topological polar surface area (TPSA) is 66.4 Å². The van der Waals surface area contributed by atoms with Crippen molar-refractivity contribution in [3.05, 3.63) is 34.4 Å². The maximum atomic E-state index is 12.5. The summed E-state index contributed by atoms with van der Waals surface area (Å²) in [5.74, 6) is -0.803. The first-order valence-electron chi connectivity index (χ1n) is 7.40. The quantitative estimate of drug-likeness (QED) is 0.875. The van der Waals surface area contributed by atoms with Gasteiger partial charge in [-0.1, -0.05) is 26.0 Å². The molecular formula is C17H23NO3. The fourth-order valence-electron chi connectivity index (χ4n) is 2.84. The number of nitrogens with one attached hydrogen (secondary N) is 1. The molecular weight excluding hydrogens is 266 g/mol. The summed E-state index contributed by atoms with van der Waals surface area (Å²) >= 11 is 0. The molecule has 1 aromatic carbocycles. The van der Waals surface area contributed by atoms with Crippen molar-refractivity contribution in [2.45, 2.75) is 40.5 Å². The second kappa shape index (κ2) is 5.51. The van der Waals surface area contributed by atoms with Crippen molar-refractivity contribution in [3.63, 3.8) is 0 Å². The van der Waals surface area contributed by atoms with Crippen LogP contribution in [-0.2, 0) is 0 Å². The second-order valence-electron chi connectivity index (χ2n) is 6.45. The van der Waals surface area contributed by atoms with Gasteiger partial charge in [0.25, 0.3) is 5.91 Å². The minimum atomic E-state index is -1.05. The summed E-state index contributed by atoms with van der Waals surface area (Å²) in [6, 6.07) is 3.54. The summed E-state index contributed by atoms with van der Waals surface area (Å²) in [5.41, 5.74) is 1.92. The lowest BCUT2D eigenvalue weighted by Gasteiger charge is -2.21. The Hall–Kier alpha value is -1.84. The molecule has 0 heterocycles. The lowest BCUT2D eigenvalue weighted by molar-refractivity contribution is 0.0689. The number of carbonyl (C=O) groups is 2. The molecule has 0 bridgehead atoms. The molecule has 2 rings (SSSR count). The standard InChI is InChI=1S/C17H23NO3/c1-10(2)17(7-8-17)9-18-15(19)13-11(3)5-6-12(4)14(13)16(20)21/h5-6,10H,7-9H2,1-4H3,(H,18,19)(H,20,21). The van der Waals surface area contributed by atoms with Crippen molar-refractivity contribution in [1.82, 2.24) is 5.32 Å². The van der Waals surface area contributed by atoms with Crippen molar-refractivity contribution >= 4 is 11.9 Å². The molecule has 114 valence electrons. The zero-order valence-electron chi connectivity index (χ0n) is 13.1. The van der Waals surface area contributed by atoms with Crippen molar-refractivity contribution in [2.75, 3.05) is 6.54 Å². The van der Waals surface area contributed by atoms with Gasteiger partial charge in [0.15, 0.2) is 0 Å². The van der Waals surface area contributed by atoms with Gasteiger partial charge in [-0.2, -0.15) is 0 Å². The first-order valence-corrected chi connectivity index (χ1v) is 7.40.